The Morgan fingerprint density at radius 3 is 2.77 bits per heavy atom. The lowest BCUT2D eigenvalue weighted by Gasteiger charge is -2.08. The number of nitrogens with zero attached hydrogens (tertiary/aromatic N) is 4. The van der Waals surface area contributed by atoms with Gasteiger partial charge in [-0.3, -0.25) is 4.79 Å². The second-order valence-corrected chi connectivity index (χ2v) is 5.56. The van der Waals surface area contributed by atoms with Gasteiger partial charge >= 0.3 is 0 Å². The number of aromatic hydroxyl groups is 1. The minimum absolute atomic E-state index is 0.0810. The van der Waals surface area contributed by atoms with Gasteiger partial charge < -0.3 is 20.6 Å². The molecule has 4 rings (SSSR count). The van der Waals surface area contributed by atoms with Crippen molar-refractivity contribution >= 4 is 23.1 Å². The molecule has 0 bridgehead atoms. The Kier molecular flexibility index (Phi) is 3.70. The number of phenols is 1. The Morgan fingerprint density at radius 1 is 1.12 bits per heavy atom. The van der Waals surface area contributed by atoms with E-state index >= 15 is 0 Å². The summed E-state index contributed by atoms with van der Waals surface area (Å²) in [7, 11) is 0. The van der Waals surface area contributed by atoms with E-state index in [1.165, 1.54) is 6.07 Å². The van der Waals surface area contributed by atoms with E-state index < -0.39 is 0 Å². The zero-order valence-corrected chi connectivity index (χ0v) is 13.5. The van der Waals surface area contributed by atoms with Crippen LogP contribution in [0.1, 0.15) is 10.4 Å². The molecule has 4 aromatic rings. The molecule has 0 saturated heterocycles. The number of hydrogen-bond donors (Lipinski definition) is 3. The van der Waals surface area contributed by atoms with Gasteiger partial charge in [-0.2, -0.15) is 0 Å². The number of rotatable bonds is 3. The third-order valence-electron chi connectivity index (χ3n) is 3.90. The quantitative estimate of drug-likeness (QED) is 0.524. The lowest BCUT2D eigenvalue weighted by Crippen LogP contribution is -2.12. The van der Waals surface area contributed by atoms with Crippen LogP contribution in [0.4, 0.5) is 11.6 Å². The summed E-state index contributed by atoms with van der Waals surface area (Å²) >= 11 is 0. The third kappa shape index (κ3) is 2.69. The lowest BCUT2D eigenvalue weighted by atomic mass is 10.1. The fraction of sp³-hybridized carbons (Fsp3) is 0. The molecule has 0 fully saturated rings. The van der Waals surface area contributed by atoms with E-state index in [0.29, 0.717) is 34.0 Å². The molecule has 0 aliphatic carbocycles. The van der Waals surface area contributed by atoms with Gasteiger partial charge in [0.15, 0.2) is 0 Å². The smallest absolute Gasteiger partial charge is 0.256 e. The number of fused-ring (bicyclic) bond motifs is 1. The molecule has 3 aromatic heterocycles. The molecule has 0 radical (unpaired) electrons. The summed E-state index contributed by atoms with van der Waals surface area (Å²) in [6, 6.07) is 9.81. The number of carbonyl (C=O) groups is 1. The maximum Gasteiger partial charge on any atom is 0.256 e. The van der Waals surface area contributed by atoms with Crippen molar-refractivity contribution < 1.29 is 9.90 Å². The van der Waals surface area contributed by atoms with Gasteiger partial charge in [0.2, 0.25) is 0 Å². The highest BCUT2D eigenvalue weighted by molar-refractivity contribution is 6.04. The van der Waals surface area contributed by atoms with Crippen LogP contribution in [0.5, 0.6) is 5.75 Å². The Hall–Kier alpha value is -3.94. The zero-order valence-electron chi connectivity index (χ0n) is 13.5. The first-order valence-electron chi connectivity index (χ1n) is 7.76. The number of carbonyl (C=O) groups excluding carboxylic acids is 1. The molecular formula is C18H14N6O2. The van der Waals surface area contributed by atoms with E-state index in [-0.39, 0.29) is 11.7 Å². The second kappa shape index (κ2) is 6.17. The summed E-state index contributed by atoms with van der Waals surface area (Å²) < 4.78 is 1.72. The molecule has 8 heteroatoms. The van der Waals surface area contributed by atoms with Crippen molar-refractivity contribution in [2.75, 3.05) is 11.1 Å². The predicted molar refractivity (Wildman–Crippen MR) is 96.7 cm³/mol. The van der Waals surface area contributed by atoms with Crippen LogP contribution in [0.2, 0.25) is 0 Å². The summed E-state index contributed by atoms with van der Waals surface area (Å²) in [6.45, 7) is 0. The van der Waals surface area contributed by atoms with Gasteiger partial charge in [0.1, 0.15) is 34.9 Å². The number of nitrogens with one attached hydrogen (secondary N) is 1. The summed E-state index contributed by atoms with van der Waals surface area (Å²) in [5.74, 6) is 0.278. The standard InChI is InChI=1S/C18H14N6O2/c19-17-16-15(22-10-24(16)8-7-21-17)12-5-4-11(9-13(12)25)18(26)23-14-3-1-2-6-20-14/h1-10,25H,(H2,19,21)(H,20,23,26). The van der Waals surface area contributed by atoms with Gasteiger partial charge in [0.25, 0.3) is 5.91 Å². The second-order valence-electron chi connectivity index (χ2n) is 5.56. The average Bonchev–Trinajstić information content (AvgIpc) is 3.08. The molecule has 128 valence electrons. The van der Waals surface area contributed by atoms with Crippen LogP contribution < -0.4 is 11.1 Å². The number of benzene rings is 1. The average molecular weight is 346 g/mol. The lowest BCUT2D eigenvalue weighted by molar-refractivity contribution is 0.102. The van der Waals surface area contributed by atoms with E-state index in [2.05, 4.69) is 20.3 Å². The van der Waals surface area contributed by atoms with Gasteiger partial charge in [-0.05, 0) is 30.3 Å². The predicted octanol–water partition coefficient (Wildman–Crippen LogP) is 2.33. The van der Waals surface area contributed by atoms with Gasteiger partial charge in [0.05, 0.1) is 0 Å². The minimum Gasteiger partial charge on any atom is -0.507 e. The van der Waals surface area contributed by atoms with Crippen molar-refractivity contribution in [1.29, 1.82) is 0 Å². The fourth-order valence-electron chi connectivity index (χ4n) is 2.67. The first kappa shape index (κ1) is 15.6. The number of aromatic nitrogens is 4. The number of imidazole rings is 1. The zero-order chi connectivity index (χ0) is 18.1. The Morgan fingerprint density at radius 2 is 2.00 bits per heavy atom. The summed E-state index contributed by atoms with van der Waals surface area (Å²) in [5, 5.41) is 13.1. The van der Waals surface area contributed by atoms with Gasteiger partial charge in [0, 0.05) is 29.7 Å². The molecule has 1 aromatic carbocycles. The number of phenolic OH excluding ortho intramolecular Hbond substituents is 1. The van der Waals surface area contributed by atoms with Gasteiger partial charge in [-0.1, -0.05) is 6.07 Å². The summed E-state index contributed by atoms with van der Waals surface area (Å²) in [5.41, 5.74) is 7.77. The third-order valence-corrected chi connectivity index (χ3v) is 3.90. The highest BCUT2D eigenvalue weighted by atomic mass is 16.3. The highest BCUT2D eigenvalue weighted by Crippen LogP contribution is 2.33. The normalized spacial score (nSPS) is 10.8. The largest absolute Gasteiger partial charge is 0.507 e. The SMILES string of the molecule is Nc1nccn2cnc(-c3ccc(C(=O)Nc4ccccn4)cc3O)c12. The van der Waals surface area contributed by atoms with E-state index in [1.54, 1.807) is 59.7 Å². The Labute approximate surface area is 148 Å². The number of amides is 1. The molecule has 3 heterocycles. The fourth-order valence-corrected chi connectivity index (χ4v) is 2.67. The van der Waals surface area contributed by atoms with Gasteiger partial charge in [-0.25, -0.2) is 15.0 Å². The van der Waals surface area contributed by atoms with Crippen LogP contribution in [-0.4, -0.2) is 30.4 Å². The minimum atomic E-state index is -0.374. The maximum atomic E-state index is 12.3. The first-order valence-corrected chi connectivity index (χ1v) is 7.76. The van der Waals surface area contributed by atoms with Crippen molar-refractivity contribution in [3.05, 3.63) is 66.9 Å². The number of nitrogens with two attached hydrogens (primary N) is 1. The van der Waals surface area contributed by atoms with Crippen LogP contribution in [0.3, 0.4) is 0 Å². The number of anilines is 2. The van der Waals surface area contributed by atoms with Crippen molar-refractivity contribution in [1.82, 2.24) is 19.4 Å². The number of hydrogen-bond acceptors (Lipinski definition) is 6. The Balaban J connectivity index is 1.69. The molecule has 0 spiro atoms. The van der Waals surface area contributed by atoms with Crippen molar-refractivity contribution in [2.24, 2.45) is 0 Å². The molecular weight excluding hydrogens is 332 g/mol. The van der Waals surface area contributed by atoms with Crippen LogP contribution >= 0.6 is 0 Å². The molecule has 4 N–H and O–H groups in total. The first-order chi connectivity index (χ1) is 12.6. The Bertz CT molecular complexity index is 1110. The number of nitrogen functional groups attached to an aromatic ring is 1. The van der Waals surface area contributed by atoms with Crippen LogP contribution in [-0.2, 0) is 0 Å². The van der Waals surface area contributed by atoms with Crippen molar-refractivity contribution in [2.45, 2.75) is 0 Å². The maximum absolute atomic E-state index is 12.3. The monoisotopic (exact) mass is 346 g/mol. The van der Waals surface area contributed by atoms with E-state index in [0.717, 1.165) is 0 Å². The van der Waals surface area contributed by atoms with E-state index in [4.69, 9.17) is 5.73 Å². The molecule has 0 aliphatic heterocycles. The summed E-state index contributed by atoms with van der Waals surface area (Å²) in [6.07, 6.45) is 6.45. The highest BCUT2D eigenvalue weighted by Gasteiger charge is 2.16. The van der Waals surface area contributed by atoms with Gasteiger partial charge in [-0.15, -0.1) is 0 Å². The van der Waals surface area contributed by atoms with Crippen LogP contribution in [0, 0.1) is 0 Å². The van der Waals surface area contributed by atoms with Crippen LogP contribution in [0.15, 0.2) is 61.3 Å². The van der Waals surface area contributed by atoms with Crippen molar-refractivity contribution in [3.8, 4) is 17.0 Å². The molecule has 1 amide bonds. The van der Waals surface area contributed by atoms with Crippen LogP contribution in [0.25, 0.3) is 16.8 Å². The van der Waals surface area contributed by atoms with Crippen molar-refractivity contribution in [3.63, 3.8) is 0 Å². The topological polar surface area (TPSA) is 118 Å². The molecule has 26 heavy (non-hydrogen) atoms. The molecule has 0 unspecified atom stereocenters. The summed E-state index contributed by atoms with van der Waals surface area (Å²) in [4.78, 5) is 24.7. The molecule has 0 atom stereocenters. The molecule has 0 saturated carbocycles. The van der Waals surface area contributed by atoms with E-state index in [1.807, 2.05) is 0 Å². The number of pyridine rings is 1. The van der Waals surface area contributed by atoms with E-state index in [9.17, 15) is 9.90 Å². The molecule has 8 nitrogen and oxygen atoms in total. The molecule has 0 aliphatic rings.